The van der Waals surface area contributed by atoms with Crippen molar-refractivity contribution in [1.29, 1.82) is 0 Å². The lowest BCUT2D eigenvalue weighted by Crippen LogP contribution is -2.49. The van der Waals surface area contributed by atoms with Crippen LogP contribution >= 0.6 is 0 Å². The Balaban J connectivity index is 1.60. The molecule has 1 aromatic rings. The van der Waals surface area contributed by atoms with E-state index in [1.165, 1.54) is 10.5 Å². The predicted octanol–water partition coefficient (Wildman–Crippen LogP) is 2.95. The molecule has 1 saturated carbocycles. The van der Waals surface area contributed by atoms with Crippen molar-refractivity contribution in [3.63, 3.8) is 0 Å². The highest BCUT2D eigenvalue weighted by Crippen LogP contribution is 2.31. The molecule has 1 saturated heterocycles. The number of imide groups is 1. The van der Waals surface area contributed by atoms with Crippen LogP contribution in [0.2, 0.25) is 0 Å². The average molecular weight is 315 g/mol. The van der Waals surface area contributed by atoms with E-state index >= 15 is 0 Å². The quantitative estimate of drug-likeness (QED) is 0.785. The van der Waals surface area contributed by atoms with Crippen molar-refractivity contribution in [2.45, 2.75) is 57.6 Å². The summed E-state index contributed by atoms with van der Waals surface area (Å²) in [6.45, 7) is 2.48. The second kappa shape index (κ2) is 7.26. The van der Waals surface area contributed by atoms with E-state index in [4.69, 9.17) is 4.74 Å². The number of benzene rings is 1. The van der Waals surface area contributed by atoms with Crippen molar-refractivity contribution < 1.29 is 14.3 Å². The molecule has 0 aromatic heterocycles. The van der Waals surface area contributed by atoms with Crippen LogP contribution in [0.1, 0.15) is 44.6 Å². The Hall–Kier alpha value is -1.68. The van der Waals surface area contributed by atoms with Crippen LogP contribution in [0.4, 0.5) is 0 Å². The highest BCUT2D eigenvalue weighted by Gasteiger charge is 2.43. The van der Waals surface area contributed by atoms with Gasteiger partial charge in [0.1, 0.15) is 0 Å². The van der Waals surface area contributed by atoms with Crippen molar-refractivity contribution in [3.8, 4) is 0 Å². The zero-order valence-corrected chi connectivity index (χ0v) is 13.7. The molecule has 3 atom stereocenters. The molecule has 0 spiro atoms. The molecule has 0 radical (unpaired) electrons. The van der Waals surface area contributed by atoms with Gasteiger partial charge in [-0.1, -0.05) is 50.1 Å². The zero-order valence-electron chi connectivity index (χ0n) is 13.7. The van der Waals surface area contributed by atoms with Crippen LogP contribution in [0.15, 0.2) is 30.3 Å². The average Bonchev–Trinajstić information content (AvgIpc) is 2.82. The van der Waals surface area contributed by atoms with Gasteiger partial charge in [0.2, 0.25) is 11.8 Å². The van der Waals surface area contributed by atoms with Crippen LogP contribution in [0.25, 0.3) is 0 Å². The van der Waals surface area contributed by atoms with Crippen molar-refractivity contribution in [1.82, 2.24) is 4.90 Å². The molecule has 2 fully saturated rings. The van der Waals surface area contributed by atoms with E-state index in [1.54, 1.807) is 0 Å². The van der Waals surface area contributed by atoms with Gasteiger partial charge in [-0.25, -0.2) is 0 Å². The number of rotatable bonds is 5. The minimum Gasteiger partial charge on any atom is -0.376 e. The van der Waals surface area contributed by atoms with Gasteiger partial charge >= 0.3 is 0 Å². The molecule has 3 rings (SSSR count). The Kier molecular flexibility index (Phi) is 5.11. The molecule has 0 unspecified atom stereocenters. The van der Waals surface area contributed by atoms with Gasteiger partial charge in [-0.2, -0.15) is 0 Å². The van der Waals surface area contributed by atoms with E-state index in [0.29, 0.717) is 13.0 Å². The van der Waals surface area contributed by atoms with E-state index in [1.807, 2.05) is 25.1 Å². The van der Waals surface area contributed by atoms with Crippen LogP contribution < -0.4 is 0 Å². The van der Waals surface area contributed by atoms with E-state index < -0.39 is 0 Å². The fraction of sp³-hybridized carbons (Fsp3) is 0.579. The minimum absolute atomic E-state index is 0.00865. The molecule has 23 heavy (non-hydrogen) atoms. The van der Waals surface area contributed by atoms with Crippen molar-refractivity contribution in [2.24, 2.45) is 5.92 Å². The third kappa shape index (κ3) is 3.63. The second-order valence-corrected chi connectivity index (χ2v) is 6.70. The zero-order chi connectivity index (χ0) is 16.2. The molecule has 0 bridgehead atoms. The molecule has 0 N–H and O–H groups in total. The maximum absolute atomic E-state index is 12.3. The summed E-state index contributed by atoms with van der Waals surface area (Å²) in [5, 5.41) is 0. The first kappa shape index (κ1) is 16.2. The summed E-state index contributed by atoms with van der Waals surface area (Å²) in [5.74, 6) is -0.209. The second-order valence-electron chi connectivity index (χ2n) is 6.70. The van der Waals surface area contributed by atoms with Crippen LogP contribution in [-0.2, 0) is 20.7 Å². The molecule has 2 aliphatic rings. The van der Waals surface area contributed by atoms with Gasteiger partial charge in [0, 0.05) is 12.3 Å². The Labute approximate surface area is 137 Å². The topological polar surface area (TPSA) is 46.6 Å². The molecule has 1 aromatic carbocycles. The highest BCUT2D eigenvalue weighted by atomic mass is 16.5. The molecule has 1 aliphatic carbocycles. The van der Waals surface area contributed by atoms with Crippen LogP contribution in [-0.4, -0.2) is 35.5 Å². The molecule has 1 heterocycles. The number of nitrogens with zero attached hydrogens (tertiary/aromatic N) is 1. The molecule has 124 valence electrons. The number of amides is 2. The summed E-state index contributed by atoms with van der Waals surface area (Å²) >= 11 is 0. The fourth-order valence-electron chi connectivity index (χ4n) is 3.70. The maximum atomic E-state index is 12.3. The molecule has 4 nitrogen and oxygen atoms in total. The van der Waals surface area contributed by atoms with Gasteiger partial charge < -0.3 is 4.74 Å². The Morgan fingerprint density at radius 2 is 1.87 bits per heavy atom. The fourth-order valence-corrected chi connectivity index (χ4v) is 3.70. The van der Waals surface area contributed by atoms with E-state index in [-0.39, 0.29) is 29.9 Å². The molecule has 4 heteroatoms. The van der Waals surface area contributed by atoms with Crippen LogP contribution in [0.5, 0.6) is 0 Å². The lowest BCUT2D eigenvalue weighted by Gasteiger charge is -2.36. The summed E-state index contributed by atoms with van der Waals surface area (Å²) in [7, 11) is 0. The lowest BCUT2D eigenvalue weighted by molar-refractivity contribution is -0.147. The molecule has 2 amide bonds. The third-order valence-corrected chi connectivity index (χ3v) is 4.97. The van der Waals surface area contributed by atoms with Gasteiger partial charge in [0.15, 0.2) is 0 Å². The van der Waals surface area contributed by atoms with Crippen molar-refractivity contribution in [3.05, 3.63) is 35.9 Å². The maximum Gasteiger partial charge on any atom is 0.232 e. The number of carbonyl (C=O) groups is 2. The standard InChI is InChI=1S/C19H25NO3/c1-14-13-18(21)20(19(14)22)16-9-5-6-10-17(16)23-12-11-15-7-3-2-4-8-15/h2-4,7-8,14,16-17H,5-6,9-13H2,1H3/t14-,16+,17-/m0/s1. The van der Waals surface area contributed by atoms with Gasteiger partial charge in [-0.15, -0.1) is 0 Å². The SMILES string of the molecule is C[C@H]1CC(=O)N([C@@H]2CCCC[C@@H]2OCCc2ccccc2)C1=O. The predicted molar refractivity (Wildman–Crippen MR) is 87.8 cm³/mol. The summed E-state index contributed by atoms with van der Waals surface area (Å²) < 4.78 is 6.10. The van der Waals surface area contributed by atoms with Gasteiger partial charge in [0.05, 0.1) is 18.8 Å². The first-order valence-electron chi connectivity index (χ1n) is 8.68. The lowest BCUT2D eigenvalue weighted by atomic mass is 9.91. The van der Waals surface area contributed by atoms with Crippen LogP contribution in [0.3, 0.4) is 0 Å². The summed E-state index contributed by atoms with van der Waals surface area (Å²) in [6.07, 6.45) is 5.19. The van der Waals surface area contributed by atoms with E-state index in [2.05, 4.69) is 12.1 Å². The highest BCUT2D eigenvalue weighted by molar-refractivity contribution is 6.03. The van der Waals surface area contributed by atoms with Crippen LogP contribution in [0, 0.1) is 5.92 Å². The first-order chi connectivity index (χ1) is 11.2. The molecule has 1 aliphatic heterocycles. The normalized spacial score (nSPS) is 28.4. The summed E-state index contributed by atoms with van der Waals surface area (Å²) in [5.41, 5.74) is 1.25. The first-order valence-corrected chi connectivity index (χ1v) is 8.68. The largest absolute Gasteiger partial charge is 0.376 e. The number of hydrogen-bond donors (Lipinski definition) is 0. The number of likely N-dealkylation sites (tertiary alicyclic amines) is 1. The van der Waals surface area contributed by atoms with E-state index in [0.717, 1.165) is 32.1 Å². The Morgan fingerprint density at radius 1 is 1.13 bits per heavy atom. The number of ether oxygens (including phenoxy) is 1. The molecular formula is C19H25NO3. The van der Waals surface area contributed by atoms with Crippen molar-refractivity contribution >= 4 is 11.8 Å². The van der Waals surface area contributed by atoms with Crippen molar-refractivity contribution in [2.75, 3.05) is 6.61 Å². The minimum atomic E-state index is -0.172. The number of carbonyl (C=O) groups excluding carboxylic acids is 2. The summed E-state index contributed by atoms with van der Waals surface area (Å²) in [4.78, 5) is 26.0. The summed E-state index contributed by atoms with van der Waals surface area (Å²) in [6, 6.07) is 10.2. The smallest absolute Gasteiger partial charge is 0.232 e. The van der Waals surface area contributed by atoms with Gasteiger partial charge in [-0.3, -0.25) is 14.5 Å². The Bertz CT molecular complexity index is 557. The van der Waals surface area contributed by atoms with Gasteiger partial charge in [-0.05, 0) is 24.8 Å². The molecular weight excluding hydrogens is 290 g/mol. The number of hydrogen-bond acceptors (Lipinski definition) is 3. The monoisotopic (exact) mass is 315 g/mol. The van der Waals surface area contributed by atoms with E-state index in [9.17, 15) is 9.59 Å². The third-order valence-electron chi connectivity index (χ3n) is 4.97. The van der Waals surface area contributed by atoms with Gasteiger partial charge in [0.25, 0.3) is 0 Å². The Morgan fingerprint density at radius 3 is 2.57 bits per heavy atom.